The molecular weight excluding hydrogens is 248 g/mol. The lowest BCUT2D eigenvalue weighted by molar-refractivity contribution is 0.168. The van der Waals surface area contributed by atoms with Gasteiger partial charge in [-0.25, -0.2) is 0 Å². The molecule has 3 nitrogen and oxygen atoms in total. The summed E-state index contributed by atoms with van der Waals surface area (Å²) in [5, 5.41) is 0. The molecule has 3 heteroatoms. The fraction of sp³-hybridized carbons (Fsp3) is 0.706. The number of nitrogens with zero attached hydrogens (tertiary/aromatic N) is 1. The first kappa shape index (κ1) is 15.3. The van der Waals surface area contributed by atoms with Gasteiger partial charge in [0.2, 0.25) is 0 Å². The molecule has 1 aromatic rings. The van der Waals surface area contributed by atoms with Crippen molar-refractivity contribution < 1.29 is 4.74 Å². The summed E-state index contributed by atoms with van der Waals surface area (Å²) in [6.45, 7) is 6.46. The standard InChI is InChI=1S/C17H28N2O/c1-12-11-19-14(13(2)16(12)20-4)10-15(18)17(3)8-6-5-7-9-17/h11,15H,5-10,18H2,1-4H3. The molecule has 0 bridgehead atoms. The van der Waals surface area contributed by atoms with Crippen molar-refractivity contribution in [1.82, 2.24) is 4.98 Å². The number of methoxy groups -OCH3 is 1. The molecule has 2 rings (SSSR count). The van der Waals surface area contributed by atoms with Crippen LogP contribution >= 0.6 is 0 Å². The van der Waals surface area contributed by atoms with Gasteiger partial charge in [0.15, 0.2) is 0 Å². The first-order valence-corrected chi connectivity index (χ1v) is 7.72. The third-order valence-corrected chi connectivity index (χ3v) is 5.05. The molecule has 20 heavy (non-hydrogen) atoms. The lowest BCUT2D eigenvalue weighted by Gasteiger charge is -2.39. The summed E-state index contributed by atoms with van der Waals surface area (Å²) >= 11 is 0. The number of pyridine rings is 1. The van der Waals surface area contributed by atoms with Gasteiger partial charge < -0.3 is 10.5 Å². The number of rotatable bonds is 4. The van der Waals surface area contributed by atoms with Gasteiger partial charge in [-0.05, 0) is 32.1 Å². The number of aryl methyl sites for hydroxylation is 1. The minimum atomic E-state index is 0.182. The Morgan fingerprint density at radius 1 is 1.30 bits per heavy atom. The molecule has 0 amide bonds. The summed E-state index contributed by atoms with van der Waals surface area (Å²) in [6.07, 6.45) is 9.22. The van der Waals surface area contributed by atoms with Gasteiger partial charge in [-0.15, -0.1) is 0 Å². The van der Waals surface area contributed by atoms with Crippen molar-refractivity contribution in [1.29, 1.82) is 0 Å². The van der Waals surface area contributed by atoms with Crippen LogP contribution in [0.4, 0.5) is 0 Å². The molecule has 0 saturated heterocycles. The molecule has 1 aliphatic carbocycles. The zero-order valence-corrected chi connectivity index (χ0v) is 13.3. The molecule has 1 atom stereocenters. The Morgan fingerprint density at radius 2 is 1.95 bits per heavy atom. The second kappa shape index (κ2) is 6.13. The Hall–Kier alpha value is -1.09. The summed E-state index contributed by atoms with van der Waals surface area (Å²) in [5.41, 5.74) is 10.1. The van der Waals surface area contributed by atoms with Gasteiger partial charge in [0, 0.05) is 35.5 Å². The lowest BCUT2D eigenvalue weighted by Crippen LogP contribution is -2.42. The molecule has 0 spiro atoms. The van der Waals surface area contributed by atoms with Crippen LogP contribution in [0, 0.1) is 19.3 Å². The Labute approximate surface area is 122 Å². The maximum atomic E-state index is 6.53. The molecule has 1 saturated carbocycles. The summed E-state index contributed by atoms with van der Waals surface area (Å²) in [6, 6.07) is 0.182. The van der Waals surface area contributed by atoms with E-state index in [-0.39, 0.29) is 11.5 Å². The molecule has 2 N–H and O–H groups in total. The van der Waals surface area contributed by atoms with Crippen LogP contribution in [0.1, 0.15) is 55.8 Å². The van der Waals surface area contributed by atoms with E-state index in [1.54, 1.807) is 7.11 Å². The summed E-state index contributed by atoms with van der Waals surface area (Å²) in [5.74, 6) is 0.955. The number of hydrogen-bond donors (Lipinski definition) is 1. The van der Waals surface area contributed by atoms with Crippen LogP contribution in [0.5, 0.6) is 5.75 Å². The molecule has 1 aromatic heterocycles. The van der Waals surface area contributed by atoms with E-state index >= 15 is 0 Å². The minimum absolute atomic E-state index is 0.182. The fourth-order valence-electron chi connectivity index (χ4n) is 3.46. The predicted molar refractivity (Wildman–Crippen MR) is 83.1 cm³/mol. The smallest absolute Gasteiger partial charge is 0.128 e. The first-order valence-electron chi connectivity index (χ1n) is 7.72. The lowest BCUT2D eigenvalue weighted by atomic mass is 9.69. The molecule has 0 aromatic carbocycles. The topological polar surface area (TPSA) is 48.1 Å². The van der Waals surface area contributed by atoms with Crippen LogP contribution in [0.2, 0.25) is 0 Å². The predicted octanol–water partition coefficient (Wildman–Crippen LogP) is 3.55. The van der Waals surface area contributed by atoms with Crippen molar-refractivity contribution >= 4 is 0 Å². The Bertz CT molecular complexity index is 464. The maximum Gasteiger partial charge on any atom is 0.128 e. The fourth-order valence-corrected chi connectivity index (χ4v) is 3.46. The molecule has 0 aliphatic heterocycles. The van der Waals surface area contributed by atoms with Crippen molar-refractivity contribution in [2.75, 3.05) is 7.11 Å². The van der Waals surface area contributed by atoms with Crippen LogP contribution < -0.4 is 10.5 Å². The average molecular weight is 276 g/mol. The van der Waals surface area contributed by atoms with Crippen LogP contribution in [-0.4, -0.2) is 18.1 Å². The van der Waals surface area contributed by atoms with Gasteiger partial charge in [0.05, 0.1) is 7.11 Å². The largest absolute Gasteiger partial charge is 0.496 e. The maximum absolute atomic E-state index is 6.53. The van der Waals surface area contributed by atoms with Gasteiger partial charge in [0.1, 0.15) is 5.75 Å². The van der Waals surface area contributed by atoms with E-state index in [1.165, 1.54) is 32.1 Å². The third kappa shape index (κ3) is 2.98. The third-order valence-electron chi connectivity index (χ3n) is 5.05. The Morgan fingerprint density at radius 3 is 2.55 bits per heavy atom. The molecule has 0 radical (unpaired) electrons. The van der Waals surface area contributed by atoms with Crippen molar-refractivity contribution in [3.8, 4) is 5.75 Å². The summed E-state index contributed by atoms with van der Waals surface area (Å²) in [4.78, 5) is 4.59. The van der Waals surface area contributed by atoms with Crippen molar-refractivity contribution in [3.63, 3.8) is 0 Å². The molecule has 1 unspecified atom stereocenters. The van der Waals surface area contributed by atoms with Crippen molar-refractivity contribution in [2.45, 2.75) is 65.3 Å². The second-order valence-corrected chi connectivity index (χ2v) is 6.57. The minimum Gasteiger partial charge on any atom is -0.496 e. The monoisotopic (exact) mass is 276 g/mol. The van der Waals surface area contributed by atoms with Gasteiger partial charge in [-0.3, -0.25) is 4.98 Å². The SMILES string of the molecule is COc1c(C)cnc(CC(N)C2(C)CCCCC2)c1C. The average Bonchev–Trinajstić information content (AvgIpc) is 2.43. The first-order chi connectivity index (χ1) is 9.48. The Kier molecular flexibility index (Phi) is 4.69. The van der Waals surface area contributed by atoms with Crippen molar-refractivity contribution in [2.24, 2.45) is 11.1 Å². The molecule has 112 valence electrons. The van der Waals surface area contributed by atoms with E-state index in [2.05, 4.69) is 18.8 Å². The highest BCUT2D eigenvalue weighted by Gasteiger charge is 2.33. The van der Waals surface area contributed by atoms with E-state index in [9.17, 15) is 0 Å². The molecular formula is C17H28N2O. The number of nitrogens with two attached hydrogens (primary N) is 1. The van der Waals surface area contributed by atoms with Gasteiger partial charge in [0.25, 0.3) is 0 Å². The van der Waals surface area contributed by atoms with Crippen LogP contribution in [0.15, 0.2) is 6.20 Å². The summed E-state index contributed by atoms with van der Waals surface area (Å²) < 4.78 is 5.49. The van der Waals surface area contributed by atoms with Gasteiger partial charge in [-0.1, -0.05) is 26.2 Å². The number of hydrogen-bond acceptors (Lipinski definition) is 3. The molecule has 1 aliphatic rings. The Balaban J connectivity index is 2.17. The zero-order chi connectivity index (χ0) is 14.8. The van der Waals surface area contributed by atoms with E-state index < -0.39 is 0 Å². The highest BCUT2D eigenvalue weighted by molar-refractivity contribution is 5.41. The molecule has 1 heterocycles. The van der Waals surface area contributed by atoms with Gasteiger partial charge in [-0.2, -0.15) is 0 Å². The number of aromatic nitrogens is 1. The summed E-state index contributed by atoms with van der Waals surface area (Å²) in [7, 11) is 1.72. The second-order valence-electron chi connectivity index (χ2n) is 6.57. The molecule has 1 fully saturated rings. The van der Waals surface area contributed by atoms with E-state index in [1.807, 2.05) is 13.1 Å². The van der Waals surface area contributed by atoms with E-state index in [0.29, 0.717) is 0 Å². The highest BCUT2D eigenvalue weighted by Crippen LogP contribution is 2.39. The van der Waals surface area contributed by atoms with Crippen LogP contribution in [0.3, 0.4) is 0 Å². The zero-order valence-electron chi connectivity index (χ0n) is 13.3. The van der Waals surface area contributed by atoms with Crippen LogP contribution in [0.25, 0.3) is 0 Å². The highest BCUT2D eigenvalue weighted by atomic mass is 16.5. The van der Waals surface area contributed by atoms with Crippen LogP contribution in [-0.2, 0) is 6.42 Å². The quantitative estimate of drug-likeness (QED) is 0.915. The van der Waals surface area contributed by atoms with E-state index in [4.69, 9.17) is 10.5 Å². The van der Waals surface area contributed by atoms with Gasteiger partial charge >= 0.3 is 0 Å². The van der Waals surface area contributed by atoms with Crippen molar-refractivity contribution in [3.05, 3.63) is 23.0 Å². The normalized spacial score (nSPS) is 19.6. The number of ether oxygens (including phenoxy) is 1. The van der Waals surface area contributed by atoms with E-state index in [0.717, 1.165) is 29.0 Å².